The second kappa shape index (κ2) is 7.84. The summed E-state index contributed by atoms with van der Waals surface area (Å²) in [7, 11) is 0. The predicted octanol–water partition coefficient (Wildman–Crippen LogP) is 5.05. The molecular formula is C27H15ClF3NO5. The molecule has 37 heavy (non-hydrogen) atoms. The van der Waals surface area contributed by atoms with E-state index in [4.69, 9.17) is 16.3 Å². The van der Waals surface area contributed by atoms with Crippen LogP contribution in [0, 0.1) is 11.8 Å². The summed E-state index contributed by atoms with van der Waals surface area (Å²) in [5.41, 5.74) is -3.84. The van der Waals surface area contributed by atoms with Crippen LogP contribution in [0.15, 0.2) is 72.8 Å². The second-order valence-corrected chi connectivity index (χ2v) is 9.50. The molecule has 0 aromatic heterocycles. The molecule has 10 heteroatoms. The van der Waals surface area contributed by atoms with Gasteiger partial charge in [-0.05, 0) is 29.8 Å². The molecule has 0 unspecified atom stereocenters. The van der Waals surface area contributed by atoms with Crippen LogP contribution in [0.4, 0.5) is 18.9 Å². The minimum atomic E-state index is -4.87. The van der Waals surface area contributed by atoms with Crippen LogP contribution in [0.25, 0.3) is 0 Å². The number of fused-ring (bicyclic) bond motifs is 3. The number of anilines is 1. The van der Waals surface area contributed by atoms with Crippen LogP contribution in [-0.2, 0) is 20.5 Å². The number of hydrogen-bond acceptors (Lipinski definition) is 5. The molecular weight excluding hydrogens is 511 g/mol. The van der Waals surface area contributed by atoms with Gasteiger partial charge in [-0.3, -0.25) is 19.2 Å². The largest absolute Gasteiger partial charge is 0.418 e. The van der Waals surface area contributed by atoms with Crippen molar-refractivity contribution in [3.63, 3.8) is 0 Å². The van der Waals surface area contributed by atoms with Crippen molar-refractivity contribution in [2.75, 3.05) is 4.90 Å². The Hall–Kier alpha value is -3.82. The maximum Gasteiger partial charge on any atom is 0.418 e. The van der Waals surface area contributed by atoms with Gasteiger partial charge in [0.2, 0.25) is 29.0 Å². The van der Waals surface area contributed by atoms with E-state index in [-0.39, 0.29) is 11.1 Å². The first-order chi connectivity index (χ1) is 17.6. The number of ether oxygens (including phenoxy) is 1. The van der Waals surface area contributed by atoms with Crippen LogP contribution in [0.1, 0.15) is 37.9 Å². The number of rotatable bonds is 2. The highest BCUT2D eigenvalue weighted by Crippen LogP contribution is 2.58. The first-order valence-electron chi connectivity index (χ1n) is 11.2. The van der Waals surface area contributed by atoms with E-state index in [1.165, 1.54) is 42.5 Å². The normalized spacial score (nSPS) is 24.2. The first-order valence-corrected chi connectivity index (χ1v) is 11.6. The smallest absolute Gasteiger partial charge is 0.349 e. The summed E-state index contributed by atoms with van der Waals surface area (Å²) in [6, 6.07) is 16.1. The Morgan fingerprint density at radius 2 is 1.35 bits per heavy atom. The number of Topliss-reactive ketones (excluding diaryl/α,β-unsaturated/α-hetero) is 2. The Bertz CT molecular complexity index is 1480. The van der Waals surface area contributed by atoms with E-state index in [0.29, 0.717) is 15.5 Å². The molecule has 1 aliphatic carbocycles. The fraction of sp³-hybridized carbons (Fsp3) is 0.185. The van der Waals surface area contributed by atoms with Crippen molar-refractivity contribution < 1.29 is 37.1 Å². The lowest BCUT2D eigenvalue weighted by Crippen LogP contribution is -2.51. The first kappa shape index (κ1) is 23.6. The van der Waals surface area contributed by atoms with E-state index in [0.717, 1.165) is 18.2 Å². The van der Waals surface area contributed by atoms with E-state index in [2.05, 4.69) is 0 Å². The van der Waals surface area contributed by atoms with E-state index in [9.17, 15) is 32.3 Å². The van der Waals surface area contributed by atoms with Crippen LogP contribution in [0.5, 0.6) is 0 Å². The third-order valence-corrected chi connectivity index (χ3v) is 7.42. The van der Waals surface area contributed by atoms with Gasteiger partial charge in [-0.2, -0.15) is 13.2 Å². The van der Waals surface area contributed by atoms with Gasteiger partial charge in [0.15, 0.2) is 0 Å². The summed E-state index contributed by atoms with van der Waals surface area (Å²) in [5.74, 6) is -6.76. The number of nitrogens with zero attached hydrogens (tertiary/aromatic N) is 1. The topological polar surface area (TPSA) is 80.8 Å². The molecule has 6 rings (SSSR count). The quantitative estimate of drug-likeness (QED) is 0.345. The Morgan fingerprint density at radius 3 is 1.95 bits per heavy atom. The molecule has 3 atom stereocenters. The van der Waals surface area contributed by atoms with Crippen molar-refractivity contribution in [1.82, 2.24) is 0 Å². The van der Waals surface area contributed by atoms with E-state index < -0.39 is 64.3 Å². The van der Waals surface area contributed by atoms with Gasteiger partial charge >= 0.3 is 6.18 Å². The molecule has 2 saturated heterocycles. The van der Waals surface area contributed by atoms with Crippen LogP contribution < -0.4 is 4.90 Å². The Morgan fingerprint density at radius 1 is 0.784 bits per heavy atom. The summed E-state index contributed by atoms with van der Waals surface area (Å²) >= 11 is 5.99. The molecule has 3 aliphatic rings. The SMILES string of the molecule is O=C1[C@H]2[C@@H](C(=O)N1c1ccccc1C(F)(F)F)C1(O[C@H]2c2ccc(Cl)cc2)C(=O)c2ccccc2C1=O. The highest BCUT2D eigenvalue weighted by atomic mass is 35.5. The van der Waals surface area contributed by atoms with Gasteiger partial charge < -0.3 is 4.74 Å². The number of halogens is 4. The number of amides is 2. The lowest BCUT2D eigenvalue weighted by atomic mass is 9.77. The molecule has 3 aromatic carbocycles. The van der Waals surface area contributed by atoms with Gasteiger partial charge in [0.05, 0.1) is 29.2 Å². The molecule has 2 fully saturated rings. The number of hydrogen-bond donors (Lipinski definition) is 0. The third-order valence-electron chi connectivity index (χ3n) is 7.17. The Kier molecular flexibility index (Phi) is 4.99. The van der Waals surface area contributed by atoms with E-state index in [1.807, 2.05) is 0 Å². The zero-order valence-corrected chi connectivity index (χ0v) is 19.4. The molecule has 0 radical (unpaired) electrons. The van der Waals surface area contributed by atoms with Crippen molar-refractivity contribution in [2.45, 2.75) is 17.9 Å². The van der Waals surface area contributed by atoms with Crippen molar-refractivity contribution in [3.8, 4) is 0 Å². The van der Waals surface area contributed by atoms with Gasteiger partial charge in [0.1, 0.15) is 0 Å². The molecule has 0 N–H and O–H groups in total. The summed E-state index contributed by atoms with van der Waals surface area (Å²) in [4.78, 5) is 55.4. The summed E-state index contributed by atoms with van der Waals surface area (Å²) in [5, 5.41) is 0.364. The zero-order valence-electron chi connectivity index (χ0n) is 18.7. The third kappa shape index (κ3) is 3.10. The van der Waals surface area contributed by atoms with Crippen LogP contribution >= 0.6 is 11.6 Å². The minimum Gasteiger partial charge on any atom is -0.349 e. The molecule has 0 saturated carbocycles. The maximum absolute atomic E-state index is 13.8. The molecule has 2 amide bonds. The fourth-order valence-corrected chi connectivity index (χ4v) is 5.74. The highest BCUT2D eigenvalue weighted by molar-refractivity contribution is 6.37. The molecule has 2 heterocycles. The fourth-order valence-electron chi connectivity index (χ4n) is 5.62. The molecule has 2 aliphatic heterocycles. The summed E-state index contributed by atoms with van der Waals surface area (Å²) < 4.78 is 47.6. The average molecular weight is 526 g/mol. The van der Waals surface area contributed by atoms with Gasteiger partial charge in [0.25, 0.3) is 0 Å². The van der Waals surface area contributed by atoms with Crippen molar-refractivity contribution in [3.05, 3.63) is 100 Å². The monoisotopic (exact) mass is 525 g/mol. The zero-order chi connectivity index (χ0) is 26.3. The number of ketones is 2. The summed E-state index contributed by atoms with van der Waals surface area (Å²) in [6.45, 7) is 0. The Labute approximate surface area is 212 Å². The molecule has 6 nitrogen and oxygen atoms in total. The molecule has 0 bridgehead atoms. The number of carbonyl (C=O) groups excluding carboxylic acids is 4. The lowest BCUT2D eigenvalue weighted by Gasteiger charge is -2.28. The molecule has 3 aromatic rings. The number of carbonyl (C=O) groups is 4. The number of alkyl halides is 3. The minimum absolute atomic E-state index is 0.0254. The van der Waals surface area contributed by atoms with Crippen molar-refractivity contribution in [1.29, 1.82) is 0 Å². The van der Waals surface area contributed by atoms with Crippen LogP contribution in [0.3, 0.4) is 0 Å². The van der Waals surface area contributed by atoms with Gasteiger partial charge in [-0.25, -0.2) is 4.90 Å². The second-order valence-electron chi connectivity index (χ2n) is 9.06. The van der Waals surface area contributed by atoms with Crippen LogP contribution in [-0.4, -0.2) is 29.0 Å². The van der Waals surface area contributed by atoms with Gasteiger partial charge in [-0.1, -0.05) is 60.1 Å². The average Bonchev–Trinajstić information content (AvgIpc) is 3.44. The van der Waals surface area contributed by atoms with Crippen molar-refractivity contribution in [2.24, 2.45) is 11.8 Å². The van der Waals surface area contributed by atoms with Crippen molar-refractivity contribution >= 4 is 40.7 Å². The number of para-hydroxylation sites is 1. The molecule has 186 valence electrons. The van der Waals surface area contributed by atoms with Gasteiger partial charge in [-0.15, -0.1) is 0 Å². The predicted molar refractivity (Wildman–Crippen MR) is 124 cm³/mol. The number of benzene rings is 3. The van der Waals surface area contributed by atoms with Gasteiger partial charge in [0, 0.05) is 16.1 Å². The van der Waals surface area contributed by atoms with E-state index in [1.54, 1.807) is 12.1 Å². The lowest BCUT2D eigenvalue weighted by molar-refractivity contribution is -0.137. The Balaban J connectivity index is 1.56. The van der Waals surface area contributed by atoms with Crippen LogP contribution in [0.2, 0.25) is 5.02 Å². The standard InChI is InChI=1S/C27H15ClF3NO5/c28-14-11-9-13(10-12-14)21-19-20(26(37-21)22(33)15-5-1-2-6-16(15)23(26)34)25(36)32(24(19)35)18-8-4-3-7-17(18)27(29,30)31/h1-12,19-21H/t19-,20-,21-/m0/s1. The molecule has 1 spiro atoms. The van der Waals surface area contributed by atoms with E-state index >= 15 is 0 Å². The summed E-state index contributed by atoms with van der Waals surface area (Å²) in [6.07, 6.45) is -6.13. The number of imide groups is 1. The highest BCUT2D eigenvalue weighted by Gasteiger charge is 2.75. The maximum atomic E-state index is 13.8.